The highest BCUT2D eigenvalue weighted by Crippen LogP contribution is 2.25. The maximum atomic E-state index is 5.90. The first-order chi connectivity index (χ1) is 7.15. The molecule has 0 amide bonds. The summed E-state index contributed by atoms with van der Waals surface area (Å²) in [6.07, 6.45) is 0.911. The largest absolute Gasteiger partial charge is 0.309 e. The van der Waals surface area contributed by atoms with Crippen LogP contribution in [0.25, 0.3) is 0 Å². The van der Waals surface area contributed by atoms with Gasteiger partial charge < -0.3 is 4.57 Å². The van der Waals surface area contributed by atoms with Crippen LogP contribution >= 0.6 is 11.6 Å². The van der Waals surface area contributed by atoms with Gasteiger partial charge in [-0.2, -0.15) is 0 Å². The van der Waals surface area contributed by atoms with Gasteiger partial charge in [-0.05, 0) is 26.2 Å². The number of rotatable bonds is 2. The van der Waals surface area contributed by atoms with E-state index in [1.54, 1.807) is 0 Å². The smallest absolute Gasteiger partial charge is 0.148 e. The van der Waals surface area contributed by atoms with Crippen molar-refractivity contribution in [3.8, 4) is 0 Å². The predicted molar refractivity (Wildman–Crippen MR) is 67.7 cm³/mol. The van der Waals surface area contributed by atoms with E-state index in [4.69, 9.17) is 11.6 Å². The molecule has 0 unspecified atom stereocenters. The predicted octanol–water partition coefficient (Wildman–Crippen LogP) is 3.36. The van der Waals surface area contributed by atoms with E-state index >= 15 is 0 Å². The first-order valence-electron chi connectivity index (χ1n) is 5.65. The fourth-order valence-corrected chi connectivity index (χ4v) is 1.98. The number of aromatic nitrogens is 3. The fraction of sp³-hybridized carbons (Fsp3) is 0.833. The van der Waals surface area contributed by atoms with E-state index in [1.165, 1.54) is 0 Å². The molecule has 0 atom stereocenters. The summed E-state index contributed by atoms with van der Waals surface area (Å²) in [6.45, 7) is 13.1. The molecule has 3 nitrogen and oxygen atoms in total. The number of alkyl halides is 1. The van der Waals surface area contributed by atoms with E-state index in [1.807, 2.05) is 0 Å². The summed E-state index contributed by atoms with van der Waals surface area (Å²) in [5.74, 6) is 2.29. The molecule has 92 valence electrons. The lowest BCUT2D eigenvalue weighted by molar-refractivity contribution is 0.337. The summed E-state index contributed by atoms with van der Waals surface area (Å²) < 4.78 is 2.16. The fourth-order valence-electron chi connectivity index (χ4n) is 1.80. The minimum absolute atomic E-state index is 0.0195. The molecule has 0 radical (unpaired) electrons. The summed E-state index contributed by atoms with van der Waals surface area (Å²) in [6, 6.07) is 0. The average Bonchev–Trinajstić information content (AvgIpc) is 2.43. The van der Waals surface area contributed by atoms with Crippen molar-refractivity contribution in [3.63, 3.8) is 0 Å². The third kappa shape index (κ3) is 3.21. The zero-order chi connectivity index (χ0) is 12.6. The van der Waals surface area contributed by atoms with Crippen LogP contribution in [0.2, 0.25) is 0 Å². The normalized spacial score (nSPS) is 13.2. The second-order valence-corrected chi connectivity index (χ2v) is 6.68. The van der Waals surface area contributed by atoms with Crippen LogP contribution in [0.3, 0.4) is 0 Å². The van der Waals surface area contributed by atoms with Crippen LogP contribution in [0.1, 0.15) is 53.2 Å². The van der Waals surface area contributed by atoms with Crippen molar-refractivity contribution < 1.29 is 0 Å². The Morgan fingerprint density at radius 1 is 1.00 bits per heavy atom. The van der Waals surface area contributed by atoms with Crippen LogP contribution in [0.15, 0.2) is 0 Å². The van der Waals surface area contributed by atoms with Gasteiger partial charge in [0.05, 0.1) is 5.88 Å². The van der Waals surface area contributed by atoms with Gasteiger partial charge in [0.1, 0.15) is 11.6 Å². The van der Waals surface area contributed by atoms with Gasteiger partial charge in [0.15, 0.2) is 0 Å². The molecule has 1 aromatic rings. The lowest BCUT2D eigenvalue weighted by Crippen LogP contribution is -2.28. The molecule has 0 aliphatic rings. The van der Waals surface area contributed by atoms with E-state index < -0.39 is 0 Å². The molecule has 0 bridgehead atoms. The van der Waals surface area contributed by atoms with E-state index in [0.717, 1.165) is 18.1 Å². The van der Waals surface area contributed by atoms with Crippen molar-refractivity contribution in [2.24, 2.45) is 5.41 Å². The van der Waals surface area contributed by atoms with Crippen LogP contribution in [0, 0.1) is 5.41 Å². The number of nitrogens with zero attached hydrogens (tertiary/aromatic N) is 3. The molecule has 0 saturated heterocycles. The van der Waals surface area contributed by atoms with Crippen molar-refractivity contribution in [2.75, 3.05) is 0 Å². The summed E-state index contributed by atoms with van der Waals surface area (Å²) in [4.78, 5) is 0. The lowest BCUT2D eigenvalue weighted by Gasteiger charge is -2.27. The molecule has 1 heterocycles. The van der Waals surface area contributed by atoms with Crippen LogP contribution < -0.4 is 0 Å². The Labute approximate surface area is 103 Å². The zero-order valence-corrected chi connectivity index (χ0v) is 11.9. The standard InChI is InChI=1S/C12H22ClN3/c1-11(2,3)7-9-14-15-10(8-13)16(9)12(4,5)6/h7-8H2,1-6H3. The van der Waals surface area contributed by atoms with Crippen molar-refractivity contribution >= 4 is 11.6 Å². The minimum Gasteiger partial charge on any atom is -0.309 e. The third-order valence-corrected chi connectivity index (χ3v) is 2.51. The van der Waals surface area contributed by atoms with Gasteiger partial charge in [0.25, 0.3) is 0 Å². The van der Waals surface area contributed by atoms with E-state index in [-0.39, 0.29) is 11.0 Å². The topological polar surface area (TPSA) is 30.7 Å². The highest BCUT2D eigenvalue weighted by Gasteiger charge is 2.25. The van der Waals surface area contributed by atoms with Crippen molar-refractivity contribution in [1.29, 1.82) is 0 Å². The van der Waals surface area contributed by atoms with Crippen LogP contribution in [0.4, 0.5) is 0 Å². The third-order valence-electron chi connectivity index (χ3n) is 2.28. The Balaban J connectivity index is 3.16. The van der Waals surface area contributed by atoms with Gasteiger partial charge in [0.2, 0.25) is 0 Å². The quantitative estimate of drug-likeness (QED) is 0.746. The number of hydrogen-bond donors (Lipinski definition) is 0. The Morgan fingerprint density at radius 2 is 1.50 bits per heavy atom. The second kappa shape index (κ2) is 4.36. The maximum Gasteiger partial charge on any atom is 0.148 e. The lowest BCUT2D eigenvalue weighted by atomic mass is 9.91. The molecule has 0 spiro atoms. The Hall–Kier alpha value is -0.570. The van der Waals surface area contributed by atoms with Crippen LogP contribution in [-0.2, 0) is 17.8 Å². The summed E-state index contributed by atoms with van der Waals surface area (Å²) in [7, 11) is 0. The highest BCUT2D eigenvalue weighted by atomic mass is 35.5. The van der Waals surface area contributed by atoms with Gasteiger partial charge in [-0.3, -0.25) is 0 Å². The monoisotopic (exact) mass is 243 g/mol. The van der Waals surface area contributed by atoms with Crippen molar-refractivity contribution in [1.82, 2.24) is 14.8 Å². The summed E-state index contributed by atoms with van der Waals surface area (Å²) in [5, 5.41) is 8.43. The molecule has 0 aliphatic carbocycles. The summed E-state index contributed by atoms with van der Waals surface area (Å²) >= 11 is 5.90. The molecule has 16 heavy (non-hydrogen) atoms. The molecule has 0 saturated carbocycles. The molecular weight excluding hydrogens is 222 g/mol. The molecule has 0 N–H and O–H groups in total. The molecule has 0 aliphatic heterocycles. The molecule has 0 fully saturated rings. The minimum atomic E-state index is -0.0195. The number of hydrogen-bond acceptors (Lipinski definition) is 2. The molecular formula is C12H22ClN3. The molecule has 4 heteroatoms. The first kappa shape index (κ1) is 13.5. The second-order valence-electron chi connectivity index (χ2n) is 6.41. The van der Waals surface area contributed by atoms with E-state index in [2.05, 4.69) is 56.3 Å². The Morgan fingerprint density at radius 3 is 1.88 bits per heavy atom. The Kier molecular flexibility index (Phi) is 3.68. The molecule has 0 aromatic carbocycles. The van der Waals surface area contributed by atoms with Gasteiger partial charge in [0, 0.05) is 12.0 Å². The van der Waals surface area contributed by atoms with Crippen molar-refractivity contribution in [3.05, 3.63) is 11.6 Å². The summed E-state index contributed by atoms with van der Waals surface area (Å²) in [5.41, 5.74) is 0.188. The van der Waals surface area contributed by atoms with E-state index in [0.29, 0.717) is 5.88 Å². The van der Waals surface area contributed by atoms with Gasteiger partial charge in [-0.25, -0.2) is 0 Å². The van der Waals surface area contributed by atoms with E-state index in [9.17, 15) is 0 Å². The zero-order valence-electron chi connectivity index (χ0n) is 11.1. The molecule has 1 rings (SSSR count). The number of halogens is 1. The van der Waals surface area contributed by atoms with Crippen LogP contribution in [0.5, 0.6) is 0 Å². The highest BCUT2D eigenvalue weighted by molar-refractivity contribution is 6.16. The average molecular weight is 244 g/mol. The van der Waals surface area contributed by atoms with Crippen molar-refractivity contribution in [2.45, 2.75) is 59.4 Å². The Bertz CT molecular complexity index is 355. The first-order valence-corrected chi connectivity index (χ1v) is 6.18. The SMILES string of the molecule is CC(C)(C)Cc1nnc(CCl)n1C(C)(C)C. The molecule has 1 aromatic heterocycles. The maximum absolute atomic E-state index is 5.90. The van der Waals surface area contributed by atoms with Gasteiger partial charge >= 0.3 is 0 Å². The van der Waals surface area contributed by atoms with Gasteiger partial charge in [-0.15, -0.1) is 21.8 Å². The van der Waals surface area contributed by atoms with Gasteiger partial charge in [-0.1, -0.05) is 20.8 Å². The van der Waals surface area contributed by atoms with Crippen LogP contribution in [-0.4, -0.2) is 14.8 Å².